The van der Waals surface area contributed by atoms with Crippen LogP contribution < -0.4 is 10.6 Å². The average Bonchev–Trinajstić information content (AvgIpc) is 2.83. The number of hydrogen-bond donors (Lipinski definition) is 2. The molecular weight excluding hydrogens is 268 g/mol. The maximum atomic E-state index is 12.1. The second-order valence-corrected chi connectivity index (χ2v) is 4.79. The van der Waals surface area contributed by atoms with Crippen molar-refractivity contribution in [2.75, 3.05) is 5.32 Å². The van der Waals surface area contributed by atoms with Crippen LogP contribution in [0.4, 0.5) is 5.82 Å². The first kappa shape index (κ1) is 14.8. The second-order valence-electron chi connectivity index (χ2n) is 4.79. The molecule has 0 saturated heterocycles. The molecule has 2 N–H and O–H groups in total. The quantitative estimate of drug-likeness (QED) is 0.877. The summed E-state index contributed by atoms with van der Waals surface area (Å²) in [5, 5.41) is 9.60. The lowest BCUT2D eigenvalue weighted by Crippen LogP contribution is -2.29. The van der Waals surface area contributed by atoms with Gasteiger partial charge in [0.1, 0.15) is 0 Å². The Labute approximate surface area is 123 Å². The van der Waals surface area contributed by atoms with Crippen LogP contribution in [0.25, 0.3) is 0 Å². The molecule has 6 nitrogen and oxygen atoms in total. The van der Waals surface area contributed by atoms with E-state index in [0.29, 0.717) is 5.82 Å². The first-order valence-corrected chi connectivity index (χ1v) is 6.66. The Bertz CT molecular complexity index is 622. The van der Waals surface area contributed by atoms with Gasteiger partial charge in [-0.3, -0.25) is 14.3 Å². The first-order valence-electron chi connectivity index (χ1n) is 6.66. The van der Waals surface area contributed by atoms with Crippen LogP contribution in [0.3, 0.4) is 0 Å². The molecule has 0 spiro atoms. The summed E-state index contributed by atoms with van der Waals surface area (Å²) in [6.07, 6.45) is 1.90. The second kappa shape index (κ2) is 6.69. The summed E-state index contributed by atoms with van der Waals surface area (Å²) in [4.78, 5) is 23.4. The maximum Gasteiger partial charge on any atom is 0.227 e. The van der Waals surface area contributed by atoms with Crippen molar-refractivity contribution < 1.29 is 9.59 Å². The highest BCUT2D eigenvalue weighted by Gasteiger charge is 2.17. The Kier molecular flexibility index (Phi) is 4.71. The third-order valence-corrected chi connectivity index (χ3v) is 2.95. The van der Waals surface area contributed by atoms with Gasteiger partial charge in [-0.15, -0.1) is 0 Å². The predicted octanol–water partition coefficient (Wildman–Crippen LogP) is 1.63. The van der Waals surface area contributed by atoms with Gasteiger partial charge in [0.05, 0.1) is 12.5 Å². The molecule has 1 heterocycles. The van der Waals surface area contributed by atoms with Gasteiger partial charge in [0.15, 0.2) is 5.82 Å². The van der Waals surface area contributed by atoms with E-state index in [4.69, 9.17) is 0 Å². The SMILES string of the molecule is CC(=O)NC(CC(=O)Nc1ccn(C)n1)c1ccccc1. The molecule has 2 amide bonds. The highest BCUT2D eigenvalue weighted by molar-refractivity contribution is 5.90. The van der Waals surface area contributed by atoms with E-state index in [1.165, 1.54) is 6.92 Å². The summed E-state index contributed by atoms with van der Waals surface area (Å²) in [7, 11) is 1.78. The molecule has 110 valence electrons. The fourth-order valence-electron chi connectivity index (χ4n) is 2.04. The van der Waals surface area contributed by atoms with Crippen LogP contribution in [0.5, 0.6) is 0 Å². The van der Waals surface area contributed by atoms with Crippen LogP contribution in [0.2, 0.25) is 0 Å². The molecule has 6 heteroatoms. The maximum absolute atomic E-state index is 12.1. The molecule has 0 aliphatic heterocycles. The summed E-state index contributed by atoms with van der Waals surface area (Å²) in [6, 6.07) is 10.8. The van der Waals surface area contributed by atoms with Crippen molar-refractivity contribution in [3.05, 3.63) is 48.2 Å². The van der Waals surface area contributed by atoms with Gasteiger partial charge in [-0.05, 0) is 5.56 Å². The van der Waals surface area contributed by atoms with Gasteiger partial charge >= 0.3 is 0 Å². The first-order chi connectivity index (χ1) is 10.0. The van der Waals surface area contributed by atoms with Crippen LogP contribution in [-0.4, -0.2) is 21.6 Å². The molecule has 0 fully saturated rings. The Morgan fingerprint density at radius 1 is 1.24 bits per heavy atom. The zero-order chi connectivity index (χ0) is 15.2. The number of carbonyl (C=O) groups excluding carboxylic acids is 2. The number of nitrogens with one attached hydrogen (secondary N) is 2. The molecular formula is C15H18N4O2. The molecule has 1 aromatic heterocycles. The molecule has 0 aliphatic carbocycles. The van der Waals surface area contributed by atoms with E-state index in [2.05, 4.69) is 15.7 Å². The van der Waals surface area contributed by atoms with E-state index < -0.39 is 0 Å². The third-order valence-electron chi connectivity index (χ3n) is 2.95. The molecule has 2 aromatic rings. The van der Waals surface area contributed by atoms with Crippen LogP contribution in [0, 0.1) is 0 Å². The number of aryl methyl sites for hydroxylation is 1. The van der Waals surface area contributed by atoms with Gasteiger partial charge in [-0.1, -0.05) is 30.3 Å². The Morgan fingerprint density at radius 2 is 1.95 bits per heavy atom. The van der Waals surface area contributed by atoms with Crippen molar-refractivity contribution in [3.63, 3.8) is 0 Å². The number of rotatable bonds is 5. The standard InChI is InChI=1S/C15H18N4O2/c1-11(20)16-13(12-6-4-3-5-7-12)10-15(21)17-14-8-9-19(2)18-14/h3-9,13H,10H2,1-2H3,(H,16,20)(H,17,18,21). The lowest BCUT2D eigenvalue weighted by atomic mass is 10.0. The van der Waals surface area contributed by atoms with Crippen LogP contribution in [0.1, 0.15) is 24.9 Å². The molecule has 0 aliphatic rings. The monoisotopic (exact) mass is 286 g/mol. The Morgan fingerprint density at radius 3 is 2.52 bits per heavy atom. The molecule has 2 rings (SSSR count). The van der Waals surface area contributed by atoms with Crippen LogP contribution >= 0.6 is 0 Å². The topological polar surface area (TPSA) is 76.0 Å². The van der Waals surface area contributed by atoms with E-state index in [1.807, 2.05) is 30.3 Å². The van der Waals surface area contributed by atoms with Gasteiger partial charge in [0.2, 0.25) is 11.8 Å². The minimum Gasteiger partial charge on any atom is -0.349 e. The minimum absolute atomic E-state index is 0.153. The average molecular weight is 286 g/mol. The Balaban J connectivity index is 2.04. The lowest BCUT2D eigenvalue weighted by Gasteiger charge is -2.17. The largest absolute Gasteiger partial charge is 0.349 e. The number of carbonyl (C=O) groups is 2. The van der Waals surface area contributed by atoms with Crippen molar-refractivity contribution in [1.82, 2.24) is 15.1 Å². The van der Waals surface area contributed by atoms with Gasteiger partial charge in [-0.25, -0.2) is 0 Å². The van der Waals surface area contributed by atoms with E-state index in [-0.39, 0.29) is 24.3 Å². The number of benzene rings is 1. The summed E-state index contributed by atoms with van der Waals surface area (Å²) in [6.45, 7) is 1.44. The Hall–Kier alpha value is -2.63. The van der Waals surface area contributed by atoms with Crippen molar-refractivity contribution in [2.45, 2.75) is 19.4 Å². The zero-order valence-electron chi connectivity index (χ0n) is 12.0. The number of hydrogen-bond acceptors (Lipinski definition) is 3. The molecule has 21 heavy (non-hydrogen) atoms. The molecule has 0 bridgehead atoms. The van der Waals surface area contributed by atoms with Gasteiger partial charge in [0, 0.05) is 26.2 Å². The van der Waals surface area contributed by atoms with Crippen LogP contribution in [0.15, 0.2) is 42.6 Å². The smallest absolute Gasteiger partial charge is 0.227 e. The number of anilines is 1. The predicted molar refractivity (Wildman–Crippen MR) is 79.5 cm³/mol. The number of aromatic nitrogens is 2. The molecule has 0 saturated carbocycles. The third kappa shape index (κ3) is 4.45. The normalized spacial score (nSPS) is 11.7. The van der Waals surface area contributed by atoms with Crippen molar-refractivity contribution in [3.8, 4) is 0 Å². The van der Waals surface area contributed by atoms with E-state index in [9.17, 15) is 9.59 Å². The summed E-state index contributed by atoms with van der Waals surface area (Å²) < 4.78 is 1.61. The minimum atomic E-state index is -0.354. The van der Waals surface area contributed by atoms with E-state index in [1.54, 1.807) is 24.0 Å². The van der Waals surface area contributed by atoms with Crippen LogP contribution in [-0.2, 0) is 16.6 Å². The van der Waals surface area contributed by atoms with Gasteiger partial charge in [-0.2, -0.15) is 5.10 Å². The fourth-order valence-corrected chi connectivity index (χ4v) is 2.04. The fraction of sp³-hybridized carbons (Fsp3) is 0.267. The molecule has 1 atom stereocenters. The number of nitrogens with zero attached hydrogens (tertiary/aromatic N) is 2. The van der Waals surface area contributed by atoms with Gasteiger partial charge in [0.25, 0.3) is 0 Å². The van der Waals surface area contributed by atoms with Crippen molar-refractivity contribution >= 4 is 17.6 Å². The summed E-state index contributed by atoms with van der Waals surface area (Å²) in [5.41, 5.74) is 0.892. The molecule has 1 aromatic carbocycles. The highest BCUT2D eigenvalue weighted by atomic mass is 16.2. The summed E-state index contributed by atoms with van der Waals surface area (Å²) >= 11 is 0. The van der Waals surface area contributed by atoms with E-state index in [0.717, 1.165) is 5.56 Å². The highest BCUT2D eigenvalue weighted by Crippen LogP contribution is 2.17. The van der Waals surface area contributed by atoms with E-state index >= 15 is 0 Å². The van der Waals surface area contributed by atoms with Gasteiger partial charge < -0.3 is 10.6 Å². The lowest BCUT2D eigenvalue weighted by molar-refractivity contribution is -0.120. The summed E-state index contributed by atoms with van der Waals surface area (Å²) in [5.74, 6) is 0.128. The zero-order valence-corrected chi connectivity index (χ0v) is 12.0. The number of amides is 2. The van der Waals surface area contributed by atoms with Crippen molar-refractivity contribution in [1.29, 1.82) is 0 Å². The van der Waals surface area contributed by atoms with Crippen molar-refractivity contribution in [2.24, 2.45) is 7.05 Å². The molecule has 0 radical (unpaired) electrons. The molecule has 1 unspecified atom stereocenters.